The molecule has 2 aliphatic heterocycles. The van der Waals surface area contributed by atoms with Crippen LogP contribution in [0.5, 0.6) is 0 Å². The Morgan fingerprint density at radius 1 is 1.50 bits per heavy atom. The van der Waals surface area contributed by atoms with E-state index in [0.29, 0.717) is 24.5 Å². The molecule has 3 rings (SSSR count). The summed E-state index contributed by atoms with van der Waals surface area (Å²) in [4.78, 5) is 25.3. The van der Waals surface area contributed by atoms with Gasteiger partial charge in [-0.3, -0.25) is 9.59 Å². The molecule has 8 nitrogen and oxygen atoms in total. The molecule has 8 heteroatoms. The number of carbonyl (C=O) groups is 2. The number of nitrogens with one attached hydrogen (secondary N) is 1. The van der Waals surface area contributed by atoms with E-state index in [1.54, 1.807) is 11.8 Å². The Hall–Kier alpha value is -1.96. The van der Waals surface area contributed by atoms with Crippen LogP contribution in [0.4, 0.5) is 0 Å². The second-order valence-electron chi connectivity index (χ2n) is 5.12. The number of ether oxygens (including phenoxy) is 1. The van der Waals surface area contributed by atoms with Gasteiger partial charge in [0.15, 0.2) is 0 Å². The number of amides is 2. The minimum atomic E-state index is -0.128. The highest BCUT2D eigenvalue weighted by molar-refractivity contribution is 5.80. The number of fused-ring (bicyclic) bond motifs is 1. The fraction of sp³-hybridized carbons (Fsp3) is 0.667. The van der Waals surface area contributed by atoms with Gasteiger partial charge in [-0.2, -0.15) is 0 Å². The highest BCUT2D eigenvalue weighted by Gasteiger charge is 2.36. The lowest BCUT2D eigenvalue weighted by atomic mass is 10.00. The van der Waals surface area contributed by atoms with Crippen LogP contribution in [0.1, 0.15) is 17.8 Å². The molecule has 0 unspecified atom stereocenters. The Kier molecular flexibility index (Phi) is 3.39. The maximum atomic E-state index is 12.2. The van der Waals surface area contributed by atoms with Gasteiger partial charge >= 0.3 is 0 Å². The molecule has 2 saturated heterocycles. The number of aromatic nitrogens is 2. The van der Waals surface area contributed by atoms with E-state index in [4.69, 9.17) is 4.74 Å². The first-order chi connectivity index (χ1) is 9.63. The maximum Gasteiger partial charge on any atom is 0.246 e. The van der Waals surface area contributed by atoms with Crippen LogP contribution >= 0.6 is 0 Å². The number of rotatable bonds is 2. The van der Waals surface area contributed by atoms with Crippen molar-refractivity contribution >= 4 is 11.8 Å². The van der Waals surface area contributed by atoms with E-state index < -0.39 is 0 Å². The first kappa shape index (κ1) is 13.0. The van der Waals surface area contributed by atoms with Crippen LogP contribution in [0.3, 0.4) is 0 Å². The lowest BCUT2D eigenvalue weighted by Crippen LogP contribution is -2.61. The molecule has 2 amide bonds. The van der Waals surface area contributed by atoms with Crippen molar-refractivity contribution in [2.75, 3.05) is 19.7 Å². The number of likely N-dealkylation sites (tertiary alicyclic amines) is 1. The summed E-state index contributed by atoms with van der Waals surface area (Å²) in [6.45, 7) is 2.96. The molecule has 3 heterocycles. The summed E-state index contributed by atoms with van der Waals surface area (Å²) in [5.74, 6) is -0.167. The van der Waals surface area contributed by atoms with E-state index in [1.807, 2.05) is 0 Å². The highest BCUT2D eigenvalue weighted by Crippen LogP contribution is 2.18. The minimum absolute atomic E-state index is 0.00667. The van der Waals surface area contributed by atoms with E-state index in [0.717, 1.165) is 6.42 Å². The average Bonchev–Trinajstić information content (AvgIpc) is 2.83. The largest absolute Gasteiger partial charge is 0.366 e. The molecule has 2 fully saturated rings. The van der Waals surface area contributed by atoms with Crippen molar-refractivity contribution in [2.45, 2.75) is 31.9 Å². The highest BCUT2D eigenvalue weighted by atomic mass is 16.6. The fourth-order valence-corrected chi connectivity index (χ4v) is 2.59. The zero-order valence-corrected chi connectivity index (χ0v) is 11.2. The Morgan fingerprint density at radius 2 is 2.35 bits per heavy atom. The Bertz CT molecular complexity index is 529. The smallest absolute Gasteiger partial charge is 0.246 e. The Labute approximate surface area is 115 Å². The zero-order chi connectivity index (χ0) is 14.1. The topological polar surface area (TPSA) is 97.6 Å². The van der Waals surface area contributed by atoms with Crippen molar-refractivity contribution in [3.63, 3.8) is 0 Å². The molecule has 1 N–H and O–H groups in total. The SMILES string of the molecule is Cc1nonc1CC(=O)N1CC[C@H]2OCC(=O)N[C@H]2C1. The van der Waals surface area contributed by atoms with Gasteiger partial charge in [-0.15, -0.1) is 0 Å². The summed E-state index contributed by atoms with van der Waals surface area (Å²) in [5.41, 5.74) is 1.18. The van der Waals surface area contributed by atoms with Crippen LogP contribution in [0.2, 0.25) is 0 Å². The third-order valence-electron chi connectivity index (χ3n) is 3.74. The summed E-state index contributed by atoms with van der Waals surface area (Å²) in [5, 5.41) is 10.2. The van der Waals surface area contributed by atoms with Crippen LogP contribution in [0.15, 0.2) is 4.63 Å². The number of piperidine rings is 1. The van der Waals surface area contributed by atoms with Crippen molar-refractivity contribution in [3.05, 3.63) is 11.4 Å². The van der Waals surface area contributed by atoms with E-state index >= 15 is 0 Å². The first-order valence-corrected chi connectivity index (χ1v) is 6.60. The molecule has 0 saturated carbocycles. The lowest BCUT2D eigenvalue weighted by molar-refractivity contribution is -0.146. The van der Waals surface area contributed by atoms with Crippen molar-refractivity contribution in [2.24, 2.45) is 0 Å². The molecule has 2 aliphatic rings. The van der Waals surface area contributed by atoms with E-state index in [-0.39, 0.29) is 37.0 Å². The average molecular weight is 280 g/mol. The minimum Gasteiger partial charge on any atom is -0.366 e. The van der Waals surface area contributed by atoms with Crippen LogP contribution in [-0.4, -0.2) is 58.9 Å². The Balaban J connectivity index is 1.62. The van der Waals surface area contributed by atoms with Gasteiger partial charge in [-0.1, -0.05) is 10.3 Å². The van der Waals surface area contributed by atoms with Crippen molar-refractivity contribution in [3.8, 4) is 0 Å². The number of hydrogen-bond acceptors (Lipinski definition) is 6. The van der Waals surface area contributed by atoms with E-state index in [1.165, 1.54) is 0 Å². The second kappa shape index (κ2) is 5.20. The summed E-state index contributed by atoms with van der Waals surface area (Å²) >= 11 is 0. The quantitative estimate of drug-likeness (QED) is 0.749. The van der Waals surface area contributed by atoms with Crippen LogP contribution in [0.25, 0.3) is 0 Å². The molecule has 0 aliphatic carbocycles. The van der Waals surface area contributed by atoms with Crippen LogP contribution < -0.4 is 5.32 Å². The molecule has 2 atom stereocenters. The molecular formula is C12H16N4O4. The van der Waals surface area contributed by atoms with Gasteiger partial charge in [0.1, 0.15) is 18.0 Å². The van der Waals surface area contributed by atoms with Gasteiger partial charge < -0.3 is 15.0 Å². The standard InChI is InChI=1S/C12H16N4O4/c1-7-8(15-20-14-7)4-12(18)16-3-2-10-9(5-16)13-11(17)6-19-10/h9-10H,2-6H2,1H3,(H,13,17)/t9-,10+/m0/s1. The van der Waals surface area contributed by atoms with Crippen molar-refractivity contribution in [1.82, 2.24) is 20.5 Å². The summed E-state index contributed by atoms with van der Waals surface area (Å²) in [7, 11) is 0. The van der Waals surface area contributed by atoms with Gasteiger partial charge in [0, 0.05) is 13.1 Å². The lowest BCUT2D eigenvalue weighted by Gasteiger charge is -2.41. The number of aryl methyl sites for hydroxylation is 1. The second-order valence-corrected chi connectivity index (χ2v) is 5.12. The maximum absolute atomic E-state index is 12.2. The predicted molar refractivity (Wildman–Crippen MR) is 65.6 cm³/mol. The summed E-state index contributed by atoms with van der Waals surface area (Å²) in [6.07, 6.45) is 0.904. The van der Waals surface area contributed by atoms with E-state index in [9.17, 15) is 9.59 Å². The molecule has 0 bridgehead atoms. The monoisotopic (exact) mass is 280 g/mol. The molecule has 0 aromatic carbocycles. The predicted octanol–water partition coefficient (Wildman–Crippen LogP) is -0.964. The number of carbonyl (C=O) groups excluding carboxylic acids is 2. The molecule has 1 aromatic heterocycles. The molecule has 1 aromatic rings. The molecule has 20 heavy (non-hydrogen) atoms. The summed E-state index contributed by atoms with van der Waals surface area (Å²) < 4.78 is 10.0. The fourth-order valence-electron chi connectivity index (χ4n) is 2.59. The third-order valence-corrected chi connectivity index (χ3v) is 3.74. The molecular weight excluding hydrogens is 264 g/mol. The van der Waals surface area contributed by atoms with Gasteiger partial charge in [-0.25, -0.2) is 4.63 Å². The van der Waals surface area contributed by atoms with E-state index in [2.05, 4.69) is 20.3 Å². The first-order valence-electron chi connectivity index (χ1n) is 6.60. The zero-order valence-electron chi connectivity index (χ0n) is 11.2. The molecule has 0 radical (unpaired) electrons. The normalized spacial score (nSPS) is 26.1. The molecule has 0 spiro atoms. The Morgan fingerprint density at radius 3 is 3.10 bits per heavy atom. The van der Waals surface area contributed by atoms with Crippen LogP contribution in [-0.2, 0) is 20.7 Å². The summed E-state index contributed by atoms with van der Waals surface area (Å²) in [6, 6.07) is -0.120. The third kappa shape index (κ3) is 2.51. The number of morpholine rings is 1. The van der Waals surface area contributed by atoms with Crippen molar-refractivity contribution in [1.29, 1.82) is 0 Å². The van der Waals surface area contributed by atoms with Gasteiger partial charge in [0.05, 0.1) is 18.6 Å². The van der Waals surface area contributed by atoms with Crippen molar-refractivity contribution < 1.29 is 19.0 Å². The van der Waals surface area contributed by atoms with Gasteiger partial charge in [0.2, 0.25) is 11.8 Å². The molecule has 108 valence electrons. The number of hydrogen-bond donors (Lipinski definition) is 1. The van der Waals surface area contributed by atoms with Gasteiger partial charge in [-0.05, 0) is 13.3 Å². The van der Waals surface area contributed by atoms with Gasteiger partial charge in [0.25, 0.3) is 0 Å². The van der Waals surface area contributed by atoms with Crippen LogP contribution in [0, 0.1) is 6.92 Å². The number of nitrogens with zero attached hydrogens (tertiary/aromatic N) is 3.